The zero-order valence-electron chi connectivity index (χ0n) is 11.5. The van der Waals surface area contributed by atoms with Crippen LogP contribution in [0.25, 0.3) is 0 Å². The van der Waals surface area contributed by atoms with Crippen LogP contribution in [0.4, 0.5) is 0 Å². The lowest BCUT2D eigenvalue weighted by molar-refractivity contribution is 0.0921. The largest absolute Gasteiger partial charge is 0.349 e. The Bertz CT molecular complexity index is 439. The number of likely N-dealkylation sites (tertiary alicyclic amines) is 1. The molecule has 0 bridgehead atoms. The van der Waals surface area contributed by atoms with E-state index in [1.165, 1.54) is 4.88 Å². The maximum Gasteiger partial charge on any atom is 0.261 e. The first-order valence-corrected chi connectivity index (χ1v) is 8.48. The van der Waals surface area contributed by atoms with Gasteiger partial charge < -0.3 is 10.2 Å². The summed E-state index contributed by atoms with van der Waals surface area (Å²) in [5, 5.41) is 3.16. The van der Waals surface area contributed by atoms with Gasteiger partial charge in [-0.05, 0) is 61.4 Å². The Labute approximate surface area is 127 Å². The lowest BCUT2D eigenvalue weighted by atomic mass is 10.1. The fourth-order valence-electron chi connectivity index (χ4n) is 2.33. The van der Waals surface area contributed by atoms with Gasteiger partial charge in [0.1, 0.15) is 0 Å². The lowest BCUT2D eigenvalue weighted by Crippen LogP contribution is -2.43. The van der Waals surface area contributed by atoms with E-state index in [-0.39, 0.29) is 5.91 Å². The number of carbonyl (C=O) groups excluding carboxylic acids is 1. The van der Waals surface area contributed by atoms with Crippen LogP contribution in [0.3, 0.4) is 0 Å². The van der Waals surface area contributed by atoms with Gasteiger partial charge in [0.15, 0.2) is 0 Å². The number of nitrogens with one attached hydrogen (secondary N) is 1. The third-order valence-electron chi connectivity index (χ3n) is 3.51. The van der Waals surface area contributed by atoms with Crippen molar-refractivity contribution in [1.29, 1.82) is 0 Å². The van der Waals surface area contributed by atoms with Crippen LogP contribution in [0.5, 0.6) is 0 Å². The predicted molar refractivity (Wildman–Crippen MR) is 84.0 cm³/mol. The Morgan fingerprint density at radius 2 is 2.21 bits per heavy atom. The highest BCUT2D eigenvalue weighted by molar-refractivity contribution is 9.10. The minimum Gasteiger partial charge on any atom is -0.349 e. The molecule has 0 atom stereocenters. The Hall–Kier alpha value is -0.390. The van der Waals surface area contributed by atoms with Gasteiger partial charge >= 0.3 is 0 Å². The summed E-state index contributed by atoms with van der Waals surface area (Å²) in [6.07, 6.45) is 4.25. The maximum atomic E-state index is 12.2. The van der Waals surface area contributed by atoms with E-state index in [1.807, 2.05) is 6.07 Å². The van der Waals surface area contributed by atoms with Crippen LogP contribution in [0, 0.1) is 0 Å². The van der Waals surface area contributed by atoms with Crippen molar-refractivity contribution in [3.63, 3.8) is 0 Å². The number of nitrogens with zero attached hydrogens (tertiary/aromatic N) is 1. The van der Waals surface area contributed by atoms with Gasteiger partial charge in [0, 0.05) is 15.4 Å². The van der Waals surface area contributed by atoms with Crippen LogP contribution < -0.4 is 5.32 Å². The topological polar surface area (TPSA) is 32.3 Å². The third kappa shape index (κ3) is 4.04. The molecule has 1 aromatic heterocycles. The summed E-state index contributed by atoms with van der Waals surface area (Å²) >= 11 is 5.16. The quantitative estimate of drug-likeness (QED) is 0.908. The van der Waals surface area contributed by atoms with E-state index in [4.69, 9.17) is 0 Å². The molecule has 1 aliphatic rings. The van der Waals surface area contributed by atoms with Crippen LogP contribution in [0.2, 0.25) is 0 Å². The van der Waals surface area contributed by atoms with Gasteiger partial charge in [0.2, 0.25) is 0 Å². The highest BCUT2D eigenvalue weighted by Crippen LogP contribution is 2.28. The van der Waals surface area contributed by atoms with Crippen molar-refractivity contribution < 1.29 is 4.79 Å². The summed E-state index contributed by atoms with van der Waals surface area (Å²) in [4.78, 5) is 16.6. The minimum absolute atomic E-state index is 0.0857. The molecule has 1 saturated heterocycles. The lowest BCUT2D eigenvalue weighted by Gasteiger charge is -2.29. The van der Waals surface area contributed by atoms with E-state index >= 15 is 0 Å². The number of hydrogen-bond acceptors (Lipinski definition) is 3. The molecule has 5 heteroatoms. The number of rotatable bonds is 4. The molecule has 1 fully saturated rings. The van der Waals surface area contributed by atoms with Crippen molar-refractivity contribution in [2.24, 2.45) is 0 Å². The van der Waals surface area contributed by atoms with Crippen LogP contribution in [0.1, 0.15) is 40.7 Å². The smallest absolute Gasteiger partial charge is 0.261 e. The zero-order valence-corrected chi connectivity index (χ0v) is 13.9. The van der Waals surface area contributed by atoms with Gasteiger partial charge in [-0.1, -0.05) is 13.3 Å². The molecule has 3 nitrogen and oxygen atoms in total. The number of thiophene rings is 1. The second kappa shape index (κ2) is 6.86. The monoisotopic (exact) mass is 344 g/mol. The van der Waals surface area contributed by atoms with E-state index in [1.54, 1.807) is 11.3 Å². The second-order valence-electron chi connectivity index (χ2n) is 5.18. The molecule has 19 heavy (non-hydrogen) atoms. The van der Waals surface area contributed by atoms with E-state index in [0.717, 1.165) is 48.1 Å². The molecule has 0 aliphatic carbocycles. The minimum atomic E-state index is 0.0857. The van der Waals surface area contributed by atoms with Crippen molar-refractivity contribution in [3.05, 3.63) is 20.3 Å². The molecule has 1 N–H and O–H groups in total. The Balaban J connectivity index is 1.94. The molecule has 0 saturated carbocycles. The van der Waals surface area contributed by atoms with E-state index in [0.29, 0.717) is 6.04 Å². The van der Waals surface area contributed by atoms with Gasteiger partial charge in [-0.15, -0.1) is 11.3 Å². The number of carbonyl (C=O) groups is 1. The van der Waals surface area contributed by atoms with Crippen LogP contribution in [0.15, 0.2) is 10.5 Å². The molecule has 1 aliphatic heterocycles. The average Bonchev–Trinajstić information content (AvgIpc) is 2.75. The molecule has 1 amide bonds. The van der Waals surface area contributed by atoms with Gasteiger partial charge in [0.25, 0.3) is 5.91 Å². The fourth-order valence-corrected chi connectivity index (χ4v) is 4.20. The average molecular weight is 345 g/mol. The van der Waals surface area contributed by atoms with Crippen molar-refractivity contribution in [2.75, 3.05) is 20.1 Å². The van der Waals surface area contributed by atoms with E-state index in [9.17, 15) is 4.79 Å². The number of piperidine rings is 1. The molecular weight excluding hydrogens is 324 g/mol. The Kier molecular flexibility index (Phi) is 5.42. The summed E-state index contributed by atoms with van der Waals surface area (Å²) in [5.41, 5.74) is 0. The molecule has 0 spiro atoms. The number of halogens is 1. The fraction of sp³-hybridized carbons (Fsp3) is 0.643. The molecule has 2 rings (SSSR count). The van der Waals surface area contributed by atoms with Crippen LogP contribution in [-0.4, -0.2) is 37.0 Å². The van der Waals surface area contributed by atoms with Crippen molar-refractivity contribution in [3.8, 4) is 0 Å². The van der Waals surface area contributed by atoms with Gasteiger partial charge in [0.05, 0.1) is 4.88 Å². The standard InChI is InChI=1S/C14H21BrN2OS/c1-3-4-12-11(15)9-13(19-12)14(18)16-10-5-7-17(2)8-6-10/h9-10H,3-8H2,1-2H3,(H,16,18). The zero-order chi connectivity index (χ0) is 13.8. The van der Waals surface area contributed by atoms with Crippen molar-refractivity contribution in [2.45, 2.75) is 38.6 Å². The SMILES string of the molecule is CCCc1sc(C(=O)NC2CCN(C)CC2)cc1Br. The predicted octanol–water partition coefficient (Wildman–Crippen LogP) is 3.29. The van der Waals surface area contributed by atoms with Gasteiger partial charge in [-0.2, -0.15) is 0 Å². The number of aryl methyl sites for hydroxylation is 1. The van der Waals surface area contributed by atoms with Gasteiger partial charge in [-0.3, -0.25) is 4.79 Å². The van der Waals surface area contributed by atoms with Crippen LogP contribution >= 0.6 is 27.3 Å². The van der Waals surface area contributed by atoms with Gasteiger partial charge in [-0.25, -0.2) is 0 Å². The molecule has 0 radical (unpaired) electrons. The number of hydrogen-bond donors (Lipinski definition) is 1. The summed E-state index contributed by atoms with van der Waals surface area (Å²) < 4.78 is 1.08. The van der Waals surface area contributed by atoms with E-state index < -0.39 is 0 Å². The summed E-state index contributed by atoms with van der Waals surface area (Å²) in [6.45, 7) is 4.30. The molecular formula is C14H21BrN2OS. The van der Waals surface area contributed by atoms with Crippen LogP contribution in [-0.2, 0) is 6.42 Å². The first-order valence-electron chi connectivity index (χ1n) is 6.87. The molecule has 1 aromatic rings. The summed E-state index contributed by atoms with van der Waals surface area (Å²) in [6, 6.07) is 2.29. The molecule has 0 unspecified atom stereocenters. The molecule has 2 heterocycles. The van der Waals surface area contributed by atoms with Crippen molar-refractivity contribution in [1.82, 2.24) is 10.2 Å². The highest BCUT2D eigenvalue weighted by Gasteiger charge is 2.20. The molecule has 106 valence electrons. The Morgan fingerprint density at radius 3 is 2.84 bits per heavy atom. The molecule has 0 aromatic carbocycles. The summed E-state index contributed by atoms with van der Waals surface area (Å²) in [7, 11) is 2.13. The first-order chi connectivity index (χ1) is 9.10. The van der Waals surface area contributed by atoms with Crippen molar-refractivity contribution >= 4 is 33.2 Å². The summed E-state index contributed by atoms with van der Waals surface area (Å²) in [5.74, 6) is 0.0857. The number of amides is 1. The highest BCUT2D eigenvalue weighted by atomic mass is 79.9. The Morgan fingerprint density at radius 1 is 1.53 bits per heavy atom. The maximum absolute atomic E-state index is 12.2. The van der Waals surface area contributed by atoms with E-state index in [2.05, 4.69) is 40.1 Å². The first kappa shape index (κ1) is 15.0. The second-order valence-corrected chi connectivity index (χ2v) is 7.17. The normalized spacial score (nSPS) is 17.6. The third-order valence-corrected chi connectivity index (χ3v) is 5.68.